The molecule has 0 aromatic heterocycles. The van der Waals surface area contributed by atoms with Crippen LogP contribution in [0.1, 0.15) is 16.7 Å². The predicted molar refractivity (Wildman–Crippen MR) is 106 cm³/mol. The maximum atomic E-state index is 12.3. The highest BCUT2D eigenvalue weighted by Crippen LogP contribution is 2.19. The van der Waals surface area contributed by atoms with Crippen molar-refractivity contribution < 1.29 is 14.3 Å². The lowest BCUT2D eigenvalue weighted by Crippen LogP contribution is -2.31. The molecule has 0 atom stereocenters. The third-order valence-electron chi connectivity index (χ3n) is 4.67. The molecule has 4 nitrogen and oxygen atoms in total. The predicted octanol–water partition coefficient (Wildman–Crippen LogP) is 3.89. The first-order valence-electron chi connectivity index (χ1n) is 8.95. The van der Waals surface area contributed by atoms with Crippen molar-refractivity contribution in [2.24, 2.45) is 0 Å². The lowest BCUT2D eigenvalue weighted by Gasteiger charge is -2.18. The average Bonchev–Trinajstić information content (AvgIpc) is 2.68. The summed E-state index contributed by atoms with van der Waals surface area (Å²) in [5, 5.41) is 2.11. The SMILES string of the molecule is Cc1ccccc1CN(C)C(=O)COC(=O)Cc1cccc2ccccc12. The quantitative estimate of drug-likeness (QED) is 0.626. The highest BCUT2D eigenvalue weighted by atomic mass is 16.5. The molecule has 0 unspecified atom stereocenters. The molecule has 0 fully saturated rings. The van der Waals surface area contributed by atoms with Crippen LogP contribution >= 0.6 is 0 Å². The Morgan fingerprint density at radius 2 is 1.56 bits per heavy atom. The largest absolute Gasteiger partial charge is 0.455 e. The topological polar surface area (TPSA) is 46.6 Å². The van der Waals surface area contributed by atoms with Crippen molar-refractivity contribution in [1.29, 1.82) is 0 Å². The van der Waals surface area contributed by atoms with Crippen LogP contribution in [0.2, 0.25) is 0 Å². The zero-order valence-corrected chi connectivity index (χ0v) is 15.6. The number of likely N-dealkylation sites (N-methyl/N-ethyl adjacent to an activating group) is 1. The van der Waals surface area contributed by atoms with Crippen LogP contribution < -0.4 is 0 Å². The van der Waals surface area contributed by atoms with E-state index < -0.39 is 5.97 Å². The Balaban J connectivity index is 1.55. The van der Waals surface area contributed by atoms with Gasteiger partial charge in [-0.25, -0.2) is 0 Å². The molecule has 0 saturated carbocycles. The monoisotopic (exact) mass is 361 g/mol. The van der Waals surface area contributed by atoms with Gasteiger partial charge in [0.2, 0.25) is 0 Å². The minimum Gasteiger partial charge on any atom is -0.455 e. The molecule has 1 amide bonds. The van der Waals surface area contributed by atoms with Crippen LogP contribution in [0, 0.1) is 6.92 Å². The molecule has 27 heavy (non-hydrogen) atoms. The van der Waals surface area contributed by atoms with Crippen LogP contribution in [0.15, 0.2) is 66.7 Å². The molecule has 0 N–H and O–H groups in total. The number of nitrogens with zero attached hydrogens (tertiary/aromatic N) is 1. The van der Waals surface area contributed by atoms with E-state index in [1.165, 1.54) is 0 Å². The number of carbonyl (C=O) groups excluding carboxylic acids is 2. The summed E-state index contributed by atoms with van der Waals surface area (Å²) in [4.78, 5) is 26.1. The van der Waals surface area contributed by atoms with Gasteiger partial charge in [-0.2, -0.15) is 0 Å². The highest BCUT2D eigenvalue weighted by Gasteiger charge is 2.14. The lowest BCUT2D eigenvalue weighted by molar-refractivity contribution is -0.151. The second-order valence-corrected chi connectivity index (χ2v) is 6.65. The van der Waals surface area contributed by atoms with Gasteiger partial charge in [0.1, 0.15) is 0 Å². The number of hydrogen-bond acceptors (Lipinski definition) is 3. The molecule has 0 heterocycles. The number of hydrogen-bond donors (Lipinski definition) is 0. The maximum Gasteiger partial charge on any atom is 0.310 e. The summed E-state index contributed by atoms with van der Waals surface area (Å²) in [7, 11) is 1.72. The van der Waals surface area contributed by atoms with Crippen molar-refractivity contribution in [3.05, 3.63) is 83.4 Å². The van der Waals surface area contributed by atoms with Gasteiger partial charge in [0.15, 0.2) is 6.61 Å². The second kappa shape index (κ2) is 8.49. The van der Waals surface area contributed by atoms with Gasteiger partial charge in [0.25, 0.3) is 5.91 Å². The molecule has 3 rings (SSSR count). The maximum absolute atomic E-state index is 12.3. The summed E-state index contributed by atoms with van der Waals surface area (Å²) in [5.41, 5.74) is 3.11. The third-order valence-corrected chi connectivity index (χ3v) is 4.67. The van der Waals surface area contributed by atoms with Gasteiger partial charge < -0.3 is 9.64 Å². The van der Waals surface area contributed by atoms with Crippen LogP contribution in [0.3, 0.4) is 0 Å². The number of carbonyl (C=O) groups is 2. The minimum atomic E-state index is -0.399. The van der Waals surface area contributed by atoms with E-state index in [9.17, 15) is 9.59 Å². The number of esters is 1. The van der Waals surface area contributed by atoms with Gasteiger partial charge in [-0.3, -0.25) is 9.59 Å². The molecule has 3 aromatic carbocycles. The molecule has 0 aliphatic heterocycles. The zero-order valence-electron chi connectivity index (χ0n) is 15.6. The van der Waals surface area contributed by atoms with Gasteiger partial charge in [0, 0.05) is 13.6 Å². The van der Waals surface area contributed by atoms with Crippen LogP contribution in [-0.4, -0.2) is 30.4 Å². The Morgan fingerprint density at radius 3 is 2.37 bits per heavy atom. The van der Waals surface area contributed by atoms with Gasteiger partial charge in [-0.1, -0.05) is 66.7 Å². The summed E-state index contributed by atoms with van der Waals surface area (Å²) in [5.74, 6) is -0.617. The van der Waals surface area contributed by atoms with Crippen LogP contribution in [0.5, 0.6) is 0 Å². The standard InChI is InChI=1S/C23H23NO3/c1-17-8-3-4-10-20(17)15-24(2)22(25)16-27-23(26)14-19-12-7-11-18-9-5-6-13-21(18)19/h3-13H,14-16H2,1-2H3. The zero-order chi connectivity index (χ0) is 19.2. The normalized spacial score (nSPS) is 10.6. The molecule has 4 heteroatoms. The molecule has 0 aliphatic carbocycles. The smallest absolute Gasteiger partial charge is 0.310 e. The number of benzene rings is 3. The average molecular weight is 361 g/mol. The summed E-state index contributed by atoms with van der Waals surface area (Å²) in [6.07, 6.45) is 0.149. The van der Waals surface area contributed by atoms with Crippen molar-refractivity contribution in [3.63, 3.8) is 0 Å². The minimum absolute atomic E-state index is 0.149. The Morgan fingerprint density at radius 1 is 0.889 bits per heavy atom. The van der Waals surface area contributed by atoms with E-state index in [0.717, 1.165) is 27.5 Å². The number of fused-ring (bicyclic) bond motifs is 1. The Hall–Kier alpha value is -3.14. The molecular formula is C23H23NO3. The molecule has 138 valence electrons. The van der Waals surface area contributed by atoms with E-state index in [0.29, 0.717) is 6.54 Å². The van der Waals surface area contributed by atoms with E-state index >= 15 is 0 Å². The summed E-state index contributed by atoms with van der Waals surface area (Å²) < 4.78 is 5.22. The van der Waals surface area contributed by atoms with Crippen molar-refractivity contribution in [1.82, 2.24) is 4.90 Å². The molecule has 0 bridgehead atoms. The van der Waals surface area contributed by atoms with Crippen molar-refractivity contribution >= 4 is 22.6 Å². The van der Waals surface area contributed by atoms with E-state index in [1.54, 1.807) is 11.9 Å². The van der Waals surface area contributed by atoms with Gasteiger partial charge >= 0.3 is 5.97 Å². The van der Waals surface area contributed by atoms with Crippen molar-refractivity contribution in [2.45, 2.75) is 19.9 Å². The first kappa shape index (κ1) is 18.6. The highest BCUT2D eigenvalue weighted by molar-refractivity contribution is 5.89. The van der Waals surface area contributed by atoms with E-state index in [4.69, 9.17) is 4.74 Å². The number of rotatable bonds is 6. The Bertz CT molecular complexity index is 959. The van der Waals surface area contributed by atoms with Gasteiger partial charge in [0.05, 0.1) is 6.42 Å². The fraction of sp³-hybridized carbons (Fsp3) is 0.217. The summed E-state index contributed by atoms with van der Waals surface area (Å²) >= 11 is 0. The van der Waals surface area contributed by atoms with E-state index in [1.807, 2.05) is 73.7 Å². The van der Waals surface area contributed by atoms with Crippen LogP contribution in [0.25, 0.3) is 10.8 Å². The van der Waals surface area contributed by atoms with Crippen molar-refractivity contribution in [3.8, 4) is 0 Å². The molecular weight excluding hydrogens is 338 g/mol. The summed E-state index contributed by atoms with van der Waals surface area (Å²) in [6.45, 7) is 2.26. The van der Waals surface area contributed by atoms with Crippen LogP contribution in [-0.2, 0) is 27.3 Å². The summed E-state index contributed by atoms with van der Waals surface area (Å²) in [6, 6.07) is 21.7. The molecule has 0 saturated heterocycles. The van der Waals surface area contributed by atoms with Gasteiger partial charge in [-0.05, 0) is 34.4 Å². The van der Waals surface area contributed by atoms with Gasteiger partial charge in [-0.15, -0.1) is 0 Å². The first-order chi connectivity index (χ1) is 13.0. The third kappa shape index (κ3) is 4.73. The lowest BCUT2D eigenvalue weighted by atomic mass is 10.0. The number of aryl methyl sites for hydroxylation is 1. The fourth-order valence-electron chi connectivity index (χ4n) is 3.04. The van der Waals surface area contributed by atoms with Crippen LogP contribution in [0.4, 0.5) is 0 Å². The molecule has 0 spiro atoms. The fourth-order valence-corrected chi connectivity index (χ4v) is 3.04. The first-order valence-corrected chi connectivity index (χ1v) is 8.95. The molecule has 0 aliphatic rings. The number of ether oxygens (including phenoxy) is 1. The molecule has 3 aromatic rings. The molecule has 0 radical (unpaired) electrons. The number of amides is 1. The second-order valence-electron chi connectivity index (χ2n) is 6.65. The van der Waals surface area contributed by atoms with Crippen molar-refractivity contribution in [2.75, 3.05) is 13.7 Å². The van der Waals surface area contributed by atoms with E-state index in [2.05, 4.69) is 0 Å². The Labute approximate surface area is 159 Å². The van der Waals surface area contributed by atoms with E-state index in [-0.39, 0.29) is 18.9 Å². The Kier molecular flexibility index (Phi) is 5.87.